The van der Waals surface area contributed by atoms with Crippen LogP contribution in [0.1, 0.15) is 23.2 Å². The Bertz CT molecular complexity index is 553. The van der Waals surface area contributed by atoms with Gasteiger partial charge in [0.25, 0.3) is 5.91 Å². The van der Waals surface area contributed by atoms with Crippen LogP contribution in [0.3, 0.4) is 0 Å². The van der Waals surface area contributed by atoms with Gasteiger partial charge in [-0.1, -0.05) is 0 Å². The van der Waals surface area contributed by atoms with Crippen LogP contribution in [0.2, 0.25) is 0 Å². The van der Waals surface area contributed by atoms with Crippen molar-refractivity contribution in [1.29, 1.82) is 0 Å². The quantitative estimate of drug-likeness (QED) is 0.875. The number of carboxylic acid groups (broad SMARTS) is 1. The minimum atomic E-state index is -2.93. The zero-order valence-corrected chi connectivity index (χ0v) is 11.5. The summed E-state index contributed by atoms with van der Waals surface area (Å²) in [4.78, 5) is 24.6. The van der Waals surface area contributed by atoms with Gasteiger partial charge < -0.3 is 19.8 Å². The monoisotopic (exact) mass is 315 g/mol. The molecule has 8 heteroatoms. The maximum atomic E-state index is 12.2. The van der Waals surface area contributed by atoms with Gasteiger partial charge >= 0.3 is 12.6 Å². The highest BCUT2D eigenvalue weighted by molar-refractivity contribution is 5.94. The van der Waals surface area contributed by atoms with Crippen LogP contribution in [0, 0.1) is 0 Å². The Hall–Kier alpha value is -2.22. The van der Waals surface area contributed by atoms with Gasteiger partial charge in [0, 0.05) is 31.5 Å². The number of carboxylic acids is 1. The third kappa shape index (κ3) is 3.51. The molecule has 1 saturated heterocycles. The first-order chi connectivity index (χ1) is 10.3. The first-order valence-corrected chi connectivity index (χ1v) is 6.62. The number of nitrogens with zero attached hydrogens (tertiary/aromatic N) is 1. The summed E-state index contributed by atoms with van der Waals surface area (Å²) < 4.78 is 28.3. The van der Waals surface area contributed by atoms with Crippen molar-refractivity contribution < 1.29 is 33.3 Å². The van der Waals surface area contributed by atoms with Gasteiger partial charge in [-0.3, -0.25) is 4.79 Å². The SMILES string of the molecule is O=C(c1ccc(OC(F)F)cc1)N1CCC(O)(C(=O)O)CC1. The van der Waals surface area contributed by atoms with E-state index in [1.54, 1.807) is 0 Å². The molecule has 2 rings (SSSR count). The number of aliphatic hydroxyl groups is 1. The van der Waals surface area contributed by atoms with Crippen molar-refractivity contribution in [3.05, 3.63) is 29.8 Å². The van der Waals surface area contributed by atoms with Gasteiger partial charge in [0.2, 0.25) is 0 Å². The van der Waals surface area contributed by atoms with Gasteiger partial charge in [0.1, 0.15) is 5.75 Å². The second-order valence-electron chi connectivity index (χ2n) is 5.03. The lowest BCUT2D eigenvalue weighted by molar-refractivity contribution is -0.162. The van der Waals surface area contributed by atoms with Gasteiger partial charge in [-0.15, -0.1) is 0 Å². The molecule has 0 aliphatic carbocycles. The van der Waals surface area contributed by atoms with Crippen molar-refractivity contribution in [2.45, 2.75) is 25.1 Å². The Morgan fingerprint density at radius 3 is 2.18 bits per heavy atom. The van der Waals surface area contributed by atoms with Gasteiger partial charge in [-0.2, -0.15) is 8.78 Å². The smallest absolute Gasteiger partial charge is 0.387 e. The van der Waals surface area contributed by atoms with Crippen molar-refractivity contribution >= 4 is 11.9 Å². The molecule has 0 aromatic heterocycles. The number of alkyl halides is 2. The minimum Gasteiger partial charge on any atom is -0.479 e. The predicted molar refractivity (Wildman–Crippen MR) is 70.8 cm³/mol. The number of rotatable bonds is 4. The molecule has 1 fully saturated rings. The van der Waals surface area contributed by atoms with Crippen LogP contribution >= 0.6 is 0 Å². The molecule has 0 unspecified atom stereocenters. The van der Waals surface area contributed by atoms with E-state index in [0.29, 0.717) is 0 Å². The van der Waals surface area contributed by atoms with Crippen LogP contribution in [0.15, 0.2) is 24.3 Å². The molecule has 1 aromatic carbocycles. The number of hydrogen-bond acceptors (Lipinski definition) is 4. The molecule has 0 saturated carbocycles. The Balaban J connectivity index is 1.99. The van der Waals surface area contributed by atoms with E-state index in [1.165, 1.54) is 29.2 Å². The first kappa shape index (κ1) is 16.2. The molecule has 0 atom stereocenters. The fourth-order valence-corrected chi connectivity index (χ4v) is 2.26. The van der Waals surface area contributed by atoms with Crippen LogP contribution in [-0.2, 0) is 4.79 Å². The van der Waals surface area contributed by atoms with Crippen LogP contribution in [0.25, 0.3) is 0 Å². The number of piperidine rings is 1. The number of benzene rings is 1. The molecule has 1 amide bonds. The molecule has 120 valence electrons. The molecule has 2 N–H and O–H groups in total. The third-order valence-electron chi connectivity index (χ3n) is 3.60. The molecular weight excluding hydrogens is 300 g/mol. The molecular formula is C14H15F2NO5. The van der Waals surface area contributed by atoms with Crippen LogP contribution in [-0.4, -0.2) is 52.3 Å². The summed E-state index contributed by atoms with van der Waals surface area (Å²) in [7, 11) is 0. The Morgan fingerprint density at radius 1 is 1.18 bits per heavy atom. The average Bonchev–Trinajstić information content (AvgIpc) is 2.47. The lowest BCUT2D eigenvalue weighted by Gasteiger charge is -2.35. The second kappa shape index (κ2) is 6.27. The summed E-state index contributed by atoms with van der Waals surface area (Å²) in [5.41, 5.74) is -1.52. The Kier molecular flexibility index (Phi) is 4.60. The average molecular weight is 315 g/mol. The predicted octanol–water partition coefficient (Wildman–Crippen LogP) is 1.34. The minimum absolute atomic E-state index is 0.0505. The normalized spacial score (nSPS) is 17.4. The van der Waals surface area contributed by atoms with E-state index >= 15 is 0 Å². The highest BCUT2D eigenvalue weighted by Crippen LogP contribution is 2.24. The summed E-state index contributed by atoms with van der Waals surface area (Å²) in [6, 6.07) is 5.24. The largest absolute Gasteiger partial charge is 0.479 e. The number of carbonyl (C=O) groups excluding carboxylic acids is 1. The molecule has 22 heavy (non-hydrogen) atoms. The molecule has 0 spiro atoms. The fourth-order valence-electron chi connectivity index (χ4n) is 2.26. The van der Waals surface area contributed by atoms with E-state index in [9.17, 15) is 23.5 Å². The van der Waals surface area contributed by atoms with Crippen molar-refractivity contribution in [3.8, 4) is 5.75 Å². The maximum absolute atomic E-state index is 12.2. The fraction of sp³-hybridized carbons (Fsp3) is 0.429. The molecule has 1 aliphatic heterocycles. The highest BCUT2D eigenvalue weighted by Gasteiger charge is 2.40. The summed E-state index contributed by atoms with van der Waals surface area (Å²) >= 11 is 0. The topological polar surface area (TPSA) is 87.1 Å². The zero-order valence-electron chi connectivity index (χ0n) is 11.5. The second-order valence-corrected chi connectivity index (χ2v) is 5.03. The molecule has 1 aromatic rings. The van der Waals surface area contributed by atoms with E-state index in [1.807, 2.05) is 0 Å². The lowest BCUT2D eigenvalue weighted by Crippen LogP contribution is -2.50. The molecule has 1 aliphatic rings. The highest BCUT2D eigenvalue weighted by atomic mass is 19.3. The van der Waals surface area contributed by atoms with E-state index in [2.05, 4.69) is 4.74 Å². The third-order valence-corrected chi connectivity index (χ3v) is 3.60. The van der Waals surface area contributed by atoms with E-state index < -0.39 is 18.2 Å². The Labute approximate surface area is 124 Å². The Morgan fingerprint density at radius 2 is 1.73 bits per heavy atom. The van der Waals surface area contributed by atoms with Gasteiger partial charge in [0.05, 0.1) is 0 Å². The summed E-state index contributed by atoms with van der Waals surface area (Å²) in [5.74, 6) is -1.70. The van der Waals surface area contributed by atoms with Crippen molar-refractivity contribution in [2.75, 3.05) is 13.1 Å². The van der Waals surface area contributed by atoms with Crippen molar-refractivity contribution in [1.82, 2.24) is 4.90 Å². The molecule has 0 radical (unpaired) electrons. The lowest BCUT2D eigenvalue weighted by atomic mass is 9.91. The van der Waals surface area contributed by atoms with Crippen LogP contribution < -0.4 is 4.74 Å². The number of halogens is 2. The zero-order chi connectivity index (χ0) is 16.3. The van der Waals surface area contributed by atoms with Crippen LogP contribution in [0.4, 0.5) is 8.78 Å². The van der Waals surface area contributed by atoms with Crippen LogP contribution in [0.5, 0.6) is 5.75 Å². The number of carbonyl (C=O) groups is 2. The number of aliphatic carboxylic acids is 1. The van der Waals surface area contributed by atoms with E-state index in [-0.39, 0.29) is 43.2 Å². The molecule has 1 heterocycles. The number of amides is 1. The van der Waals surface area contributed by atoms with E-state index in [4.69, 9.17) is 5.11 Å². The standard InChI is InChI=1S/C14H15F2NO5/c15-13(16)22-10-3-1-9(2-4-10)11(18)17-7-5-14(21,6-8-17)12(19)20/h1-4,13,21H,5-8H2,(H,19,20). The number of likely N-dealkylation sites (tertiary alicyclic amines) is 1. The summed E-state index contributed by atoms with van der Waals surface area (Å²) in [6.45, 7) is -2.72. The van der Waals surface area contributed by atoms with Gasteiger partial charge in [-0.05, 0) is 24.3 Å². The van der Waals surface area contributed by atoms with Gasteiger partial charge in [0.15, 0.2) is 5.60 Å². The summed E-state index contributed by atoms with van der Waals surface area (Å²) in [6.07, 6.45) is -0.110. The van der Waals surface area contributed by atoms with Crippen molar-refractivity contribution in [3.63, 3.8) is 0 Å². The number of ether oxygens (including phenoxy) is 1. The molecule has 6 nitrogen and oxygen atoms in total. The first-order valence-electron chi connectivity index (χ1n) is 6.62. The molecule has 0 bridgehead atoms. The van der Waals surface area contributed by atoms with Crippen molar-refractivity contribution in [2.24, 2.45) is 0 Å². The van der Waals surface area contributed by atoms with Gasteiger partial charge in [-0.25, -0.2) is 4.79 Å². The number of hydrogen-bond donors (Lipinski definition) is 2. The van der Waals surface area contributed by atoms with E-state index in [0.717, 1.165) is 0 Å². The maximum Gasteiger partial charge on any atom is 0.387 e. The summed E-state index contributed by atoms with van der Waals surface area (Å²) in [5, 5.41) is 18.7.